The molecular formula is C13H10ClNO4. The Balaban J connectivity index is 2.32. The third-order valence-corrected chi connectivity index (χ3v) is 2.72. The van der Waals surface area contributed by atoms with Crippen molar-refractivity contribution in [3.63, 3.8) is 0 Å². The topological polar surface area (TPSA) is 61.6 Å². The number of benzene rings is 2. The second-order valence-corrected chi connectivity index (χ2v) is 4.03. The predicted octanol–water partition coefficient (Wildman–Crippen LogP) is 4.05. The number of hydrogen-bond donors (Lipinski definition) is 0. The Kier molecular flexibility index (Phi) is 3.87. The first-order chi connectivity index (χ1) is 9.11. The number of halogens is 1. The summed E-state index contributed by atoms with van der Waals surface area (Å²) >= 11 is 5.97. The molecule has 0 spiro atoms. The van der Waals surface area contributed by atoms with E-state index in [2.05, 4.69) is 0 Å². The third kappa shape index (κ3) is 2.95. The second kappa shape index (κ2) is 5.58. The van der Waals surface area contributed by atoms with E-state index in [-0.39, 0.29) is 11.4 Å². The number of hydrogen-bond acceptors (Lipinski definition) is 4. The first-order valence-electron chi connectivity index (χ1n) is 5.36. The van der Waals surface area contributed by atoms with Crippen molar-refractivity contribution >= 4 is 17.3 Å². The number of ether oxygens (including phenoxy) is 2. The number of nitro groups is 1. The van der Waals surface area contributed by atoms with Gasteiger partial charge in [-0.05, 0) is 18.2 Å². The van der Waals surface area contributed by atoms with Crippen molar-refractivity contribution in [2.75, 3.05) is 7.11 Å². The highest BCUT2D eigenvalue weighted by Crippen LogP contribution is 2.34. The Labute approximate surface area is 114 Å². The minimum absolute atomic E-state index is 0.117. The molecule has 0 aromatic heterocycles. The van der Waals surface area contributed by atoms with E-state index >= 15 is 0 Å². The minimum Gasteiger partial charge on any atom is -0.490 e. The Morgan fingerprint density at radius 3 is 2.53 bits per heavy atom. The van der Waals surface area contributed by atoms with Crippen LogP contribution in [0.3, 0.4) is 0 Å². The molecule has 2 aromatic carbocycles. The first kappa shape index (κ1) is 13.2. The molecule has 0 amide bonds. The predicted molar refractivity (Wildman–Crippen MR) is 71.2 cm³/mol. The molecule has 0 N–H and O–H groups in total. The normalized spacial score (nSPS) is 10.0. The number of nitro benzene ring substituents is 1. The lowest BCUT2D eigenvalue weighted by Gasteiger charge is -2.08. The molecule has 0 saturated carbocycles. The van der Waals surface area contributed by atoms with Crippen LogP contribution in [0.1, 0.15) is 0 Å². The van der Waals surface area contributed by atoms with Gasteiger partial charge in [-0.15, -0.1) is 0 Å². The highest BCUT2D eigenvalue weighted by molar-refractivity contribution is 6.32. The third-order valence-electron chi connectivity index (χ3n) is 2.41. The van der Waals surface area contributed by atoms with E-state index in [1.807, 2.05) is 0 Å². The molecule has 0 heterocycles. The molecule has 0 saturated heterocycles. The van der Waals surface area contributed by atoms with Gasteiger partial charge in [-0.25, -0.2) is 0 Å². The molecule has 0 atom stereocenters. The average molecular weight is 280 g/mol. The van der Waals surface area contributed by atoms with Gasteiger partial charge in [-0.1, -0.05) is 23.7 Å². The zero-order chi connectivity index (χ0) is 13.8. The van der Waals surface area contributed by atoms with Crippen LogP contribution in [0.2, 0.25) is 5.02 Å². The van der Waals surface area contributed by atoms with E-state index in [9.17, 15) is 10.1 Å². The van der Waals surface area contributed by atoms with Gasteiger partial charge in [-0.3, -0.25) is 10.1 Å². The quantitative estimate of drug-likeness (QED) is 0.626. The number of rotatable bonds is 4. The SMILES string of the molecule is COc1cc(Oc2ccccc2Cl)ccc1[N+](=O)[O-]. The molecule has 6 heteroatoms. The minimum atomic E-state index is -0.516. The highest BCUT2D eigenvalue weighted by atomic mass is 35.5. The summed E-state index contributed by atoms with van der Waals surface area (Å²) in [6.07, 6.45) is 0. The van der Waals surface area contributed by atoms with Crippen LogP contribution in [-0.4, -0.2) is 12.0 Å². The first-order valence-corrected chi connectivity index (χ1v) is 5.74. The van der Waals surface area contributed by atoms with Crippen molar-refractivity contribution in [1.82, 2.24) is 0 Å². The summed E-state index contributed by atoms with van der Waals surface area (Å²) in [4.78, 5) is 10.3. The lowest BCUT2D eigenvalue weighted by molar-refractivity contribution is -0.385. The van der Waals surface area contributed by atoms with Crippen LogP contribution >= 0.6 is 11.6 Å². The van der Waals surface area contributed by atoms with Crippen LogP contribution in [0, 0.1) is 10.1 Å². The maximum Gasteiger partial charge on any atom is 0.311 e. The van der Waals surface area contributed by atoms with Crippen LogP contribution in [0.5, 0.6) is 17.2 Å². The zero-order valence-corrected chi connectivity index (χ0v) is 10.8. The Hall–Kier alpha value is -2.27. The zero-order valence-electron chi connectivity index (χ0n) is 10.00. The van der Waals surface area contributed by atoms with E-state index in [0.717, 1.165) is 0 Å². The average Bonchev–Trinajstić information content (AvgIpc) is 2.41. The summed E-state index contributed by atoms with van der Waals surface area (Å²) in [7, 11) is 1.36. The van der Waals surface area contributed by atoms with Gasteiger partial charge in [0.25, 0.3) is 0 Å². The van der Waals surface area contributed by atoms with Gasteiger partial charge < -0.3 is 9.47 Å². The Morgan fingerprint density at radius 1 is 1.16 bits per heavy atom. The molecule has 19 heavy (non-hydrogen) atoms. The molecule has 0 aliphatic carbocycles. The molecule has 98 valence electrons. The monoisotopic (exact) mass is 279 g/mol. The van der Waals surface area contributed by atoms with Crippen LogP contribution in [0.15, 0.2) is 42.5 Å². The fourth-order valence-electron chi connectivity index (χ4n) is 1.53. The fourth-order valence-corrected chi connectivity index (χ4v) is 1.70. The molecule has 0 aliphatic heterocycles. The molecule has 0 aliphatic rings. The lowest BCUT2D eigenvalue weighted by atomic mass is 10.2. The lowest BCUT2D eigenvalue weighted by Crippen LogP contribution is -1.94. The van der Waals surface area contributed by atoms with Gasteiger partial charge >= 0.3 is 5.69 Å². The van der Waals surface area contributed by atoms with Gasteiger partial charge in [0.15, 0.2) is 0 Å². The Morgan fingerprint density at radius 2 is 1.89 bits per heavy atom. The maximum atomic E-state index is 10.8. The molecule has 0 unspecified atom stereocenters. The number of nitrogens with zero attached hydrogens (tertiary/aromatic N) is 1. The molecule has 0 radical (unpaired) electrons. The van der Waals surface area contributed by atoms with Gasteiger partial charge in [0.1, 0.15) is 11.5 Å². The molecule has 2 aromatic rings. The van der Waals surface area contributed by atoms with E-state index in [1.54, 1.807) is 24.3 Å². The molecule has 5 nitrogen and oxygen atoms in total. The summed E-state index contributed by atoms with van der Waals surface area (Å²) in [5.41, 5.74) is -0.117. The van der Waals surface area contributed by atoms with Gasteiger partial charge in [0.2, 0.25) is 5.75 Å². The summed E-state index contributed by atoms with van der Waals surface area (Å²) in [5, 5.41) is 11.2. The van der Waals surface area contributed by atoms with Gasteiger partial charge in [-0.2, -0.15) is 0 Å². The molecule has 0 fully saturated rings. The summed E-state index contributed by atoms with van der Waals surface area (Å²) < 4.78 is 10.5. The van der Waals surface area contributed by atoms with Crippen molar-refractivity contribution in [2.24, 2.45) is 0 Å². The van der Waals surface area contributed by atoms with Crippen LogP contribution in [-0.2, 0) is 0 Å². The Bertz CT molecular complexity index is 615. The maximum absolute atomic E-state index is 10.8. The summed E-state index contributed by atoms with van der Waals surface area (Å²) in [6.45, 7) is 0. The molecular weight excluding hydrogens is 270 g/mol. The van der Waals surface area contributed by atoms with Crippen LogP contribution in [0.4, 0.5) is 5.69 Å². The van der Waals surface area contributed by atoms with Gasteiger partial charge in [0, 0.05) is 12.1 Å². The fraction of sp³-hybridized carbons (Fsp3) is 0.0769. The summed E-state index contributed by atoms with van der Waals surface area (Å²) in [5.74, 6) is 1.02. The van der Waals surface area contributed by atoms with Crippen LogP contribution < -0.4 is 9.47 Å². The van der Waals surface area contributed by atoms with Crippen molar-refractivity contribution < 1.29 is 14.4 Å². The molecule has 2 rings (SSSR count). The van der Waals surface area contributed by atoms with Gasteiger partial charge in [0.05, 0.1) is 17.1 Å². The van der Waals surface area contributed by atoms with Crippen molar-refractivity contribution in [1.29, 1.82) is 0 Å². The molecule has 0 bridgehead atoms. The number of para-hydroxylation sites is 1. The van der Waals surface area contributed by atoms with Crippen molar-refractivity contribution in [3.05, 3.63) is 57.6 Å². The van der Waals surface area contributed by atoms with E-state index in [0.29, 0.717) is 16.5 Å². The van der Waals surface area contributed by atoms with Crippen LogP contribution in [0.25, 0.3) is 0 Å². The van der Waals surface area contributed by atoms with Crippen molar-refractivity contribution in [2.45, 2.75) is 0 Å². The standard InChI is InChI=1S/C13H10ClNO4/c1-18-13-8-9(6-7-11(13)15(16)17)19-12-5-3-2-4-10(12)14/h2-8H,1H3. The smallest absolute Gasteiger partial charge is 0.311 e. The van der Waals surface area contributed by atoms with Crippen molar-refractivity contribution in [3.8, 4) is 17.2 Å². The summed E-state index contributed by atoms with van der Waals surface area (Å²) in [6, 6.07) is 11.2. The van der Waals surface area contributed by atoms with E-state index < -0.39 is 4.92 Å². The van der Waals surface area contributed by atoms with E-state index in [1.165, 1.54) is 25.3 Å². The number of methoxy groups -OCH3 is 1. The second-order valence-electron chi connectivity index (χ2n) is 3.62. The van der Waals surface area contributed by atoms with E-state index in [4.69, 9.17) is 21.1 Å². The highest BCUT2D eigenvalue weighted by Gasteiger charge is 2.15. The largest absolute Gasteiger partial charge is 0.490 e.